The third-order valence-electron chi connectivity index (χ3n) is 2.90. The second kappa shape index (κ2) is 7.37. The number of nitrogens with zero attached hydrogens (tertiary/aromatic N) is 4. The number of rotatable bonds is 5. The molecule has 1 aromatic carbocycles. The zero-order chi connectivity index (χ0) is 15.1. The van der Waals surface area contributed by atoms with Gasteiger partial charge < -0.3 is 10.6 Å². The second-order valence-electron chi connectivity index (χ2n) is 4.48. The first kappa shape index (κ1) is 15.0. The molecule has 0 aliphatic carbocycles. The van der Waals surface area contributed by atoms with Gasteiger partial charge in [0, 0.05) is 13.6 Å². The van der Waals surface area contributed by atoms with Crippen molar-refractivity contribution in [2.75, 3.05) is 6.54 Å². The van der Waals surface area contributed by atoms with E-state index in [1.165, 1.54) is 18.5 Å². The Labute approximate surface area is 123 Å². The van der Waals surface area contributed by atoms with Gasteiger partial charge >= 0.3 is 0 Å². The van der Waals surface area contributed by atoms with E-state index in [0.717, 1.165) is 17.9 Å². The average molecular weight is 290 g/mol. The monoisotopic (exact) mass is 290 g/mol. The van der Waals surface area contributed by atoms with Crippen molar-refractivity contribution in [2.24, 2.45) is 12.0 Å². The van der Waals surface area contributed by atoms with Crippen molar-refractivity contribution >= 4 is 5.96 Å². The number of aliphatic imine (C=N–C) groups is 1. The van der Waals surface area contributed by atoms with E-state index in [0.29, 0.717) is 19.0 Å². The SMILES string of the molecule is CCNC(=NCc1ccc(F)cc1)NCc1ncnn1C. The highest BCUT2D eigenvalue weighted by Crippen LogP contribution is 2.03. The van der Waals surface area contributed by atoms with Gasteiger partial charge in [0.25, 0.3) is 0 Å². The minimum atomic E-state index is -0.241. The van der Waals surface area contributed by atoms with Crippen LogP contribution in [0, 0.1) is 5.82 Å². The quantitative estimate of drug-likeness (QED) is 0.641. The molecule has 0 saturated carbocycles. The van der Waals surface area contributed by atoms with E-state index < -0.39 is 0 Å². The molecule has 0 aliphatic rings. The largest absolute Gasteiger partial charge is 0.357 e. The molecule has 0 radical (unpaired) electrons. The van der Waals surface area contributed by atoms with Gasteiger partial charge in [-0.2, -0.15) is 5.10 Å². The molecule has 0 bridgehead atoms. The van der Waals surface area contributed by atoms with E-state index in [1.807, 2.05) is 14.0 Å². The van der Waals surface area contributed by atoms with Crippen LogP contribution in [0.5, 0.6) is 0 Å². The number of benzene rings is 1. The van der Waals surface area contributed by atoms with Crippen molar-refractivity contribution in [1.82, 2.24) is 25.4 Å². The van der Waals surface area contributed by atoms with E-state index in [-0.39, 0.29) is 5.82 Å². The Morgan fingerprint density at radius 2 is 2.05 bits per heavy atom. The molecule has 0 spiro atoms. The second-order valence-corrected chi connectivity index (χ2v) is 4.48. The fourth-order valence-electron chi connectivity index (χ4n) is 1.74. The normalized spacial score (nSPS) is 11.5. The van der Waals surface area contributed by atoms with E-state index in [9.17, 15) is 4.39 Å². The lowest BCUT2D eigenvalue weighted by atomic mass is 10.2. The van der Waals surface area contributed by atoms with Crippen LogP contribution >= 0.6 is 0 Å². The predicted octanol–water partition coefficient (Wildman–Crippen LogP) is 1.21. The van der Waals surface area contributed by atoms with Gasteiger partial charge in [0.15, 0.2) is 5.96 Å². The molecule has 21 heavy (non-hydrogen) atoms. The Morgan fingerprint density at radius 1 is 1.29 bits per heavy atom. The zero-order valence-electron chi connectivity index (χ0n) is 12.2. The number of halogens is 1. The summed E-state index contributed by atoms with van der Waals surface area (Å²) in [5.74, 6) is 1.27. The first-order chi connectivity index (χ1) is 10.2. The molecule has 0 saturated heterocycles. The van der Waals surface area contributed by atoms with Crippen LogP contribution in [0.4, 0.5) is 4.39 Å². The van der Waals surface area contributed by atoms with Gasteiger partial charge in [-0.15, -0.1) is 0 Å². The fraction of sp³-hybridized carbons (Fsp3) is 0.357. The summed E-state index contributed by atoms with van der Waals surface area (Å²) in [6.07, 6.45) is 1.51. The molecule has 1 aromatic heterocycles. The maximum Gasteiger partial charge on any atom is 0.191 e. The van der Waals surface area contributed by atoms with Gasteiger partial charge in [-0.3, -0.25) is 4.68 Å². The highest BCUT2D eigenvalue weighted by atomic mass is 19.1. The Hall–Kier alpha value is -2.44. The lowest BCUT2D eigenvalue weighted by molar-refractivity contribution is 0.627. The number of guanidine groups is 1. The number of hydrogen-bond donors (Lipinski definition) is 2. The molecular formula is C14H19FN6. The molecule has 0 atom stereocenters. The van der Waals surface area contributed by atoms with Crippen molar-refractivity contribution < 1.29 is 4.39 Å². The van der Waals surface area contributed by atoms with Crippen molar-refractivity contribution in [3.8, 4) is 0 Å². The van der Waals surface area contributed by atoms with Gasteiger partial charge in [-0.05, 0) is 24.6 Å². The Kier molecular flexibility index (Phi) is 5.25. The Morgan fingerprint density at radius 3 is 2.67 bits per heavy atom. The number of aromatic nitrogens is 3. The van der Waals surface area contributed by atoms with Crippen molar-refractivity contribution in [3.05, 3.63) is 47.8 Å². The van der Waals surface area contributed by atoms with Crippen LogP contribution in [0.3, 0.4) is 0 Å². The molecular weight excluding hydrogens is 271 g/mol. The number of nitrogens with one attached hydrogen (secondary N) is 2. The molecule has 0 fully saturated rings. The Balaban J connectivity index is 1.95. The maximum absolute atomic E-state index is 12.8. The van der Waals surface area contributed by atoms with Gasteiger partial charge in [0.05, 0.1) is 13.1 Å². The van der Waals surface area contributed by atoms with Crippen LogP contribution in [-0.4, -0.2) is 27.3 Å². The molecule has 0 unspecified atom stereocenters. The average Bonchev–Trinajstić information content (AvgIpc) is 2.89. The summed E-state index contributed by atoms with van der Waals surface area (Å²) in [7, 11) is 1.84. The molecule has 1 heterocycles. The number of hydrogen-bond acceptors (Lipinski definition) is 3. The standard InChI is InChI=1S/C14H19FN6/c1-3-16-14(18-9-13-19-10-20-21(13)2)17-8-11-4-6-12(15)7-5-11/h4-7,10H,3,8-9H2,1-2H3,(H2,16,17,18). The van der Waals surface area contributed by atoms with Crippen molar-refractivity contribution in [3.63, 3.8) is 0 Å². The molecule has 2 aromatic rings. The van der Waals surface area contributed by atoms with E-state index in [1.54, 1.807) is 16.8 Å². The summed E-state index contributed by atoms with van der Waals surface area (Å²) < 4.78 is 14.6. The fourth-order valence-corrected chi connectivity index (χ4v) is 1.74. The summed E-state index contributed by atoms with van der Waals surface area (Å²) >= 11 is 0. The summed E-state index contributed by atoms with van der Waals surface area (Å²) in [6.45, 7) is 3.77. The van der Waals surface area contributed by atoms with Gasteiger partial charge in [-0.25, -0.2) is 14.4 Å². The van der Waals surface area contributed by atoms with E-state index in [2.05, 4.69) is 25.7 Å². The summed E-state index contributed by atoms with van der Waals surface area (Å²) in [5, 5.41) is 10.4. The smallest absolute Gasteiger partial charge is 0.191 e. The van der Waals surface area contributed by atoms with Crippen molar-refractivity contribution in [1.29, 1.82) is 0 Å². The third-order valence-corrected chi connectivity index (χ3v) is 2.90. The highest BCUT2D eigenvalue weighted by Gasteiger charge is 2.02. The van der Waals surface area contributed by atoms with Gasteiger partial charge in [-0.1, -0.05) is 12.1 Å². The molecule has 0 amide bonds. The molecule has 6 nitrogen and oxygen atoms in total. The van der Waals surface area contributed by atoms with Crippen LogP contribution < -0.4 is 10.6 Å². The molecule has 7 heteroatoms. The van der Waals surface area contributed by atoms with Gasteiger partial charge in [0.2, 0.25) is 0 Å². The Bertz CT molecular complexity index is 590. The van der Waals surface area contributed by atoms with Crippen LogP contribution in [0.1, 0.15) is 18.3 Å². The van der Waals surface area contributed by atoms with Crippen LogP contribution in [0.2, 0.25) is 0 Å². The van der Waals surface area contributed by atoms with Crippen LogP contribution in [0.15, 0.2) is 35.6 Å². The minimum absolute atomic E-state index is 0.241. The van der Waals surface area contributed by atoms with E-state index >= 15 is 0 Å². The highest BCUT2D eigenvalue weighted by molar-refractivity contribution is 5.79. The third kappa shape index (κ3) is 4.55. The lowest BCUT2D eigenvalue weighted by Crippen LogP contribution is -2.37. The minimum Gasteiger partial charge on any atom is -0.357 e. The number of aryl methyl sites for hydroxylation is 1. The van der Waals surface area contributed by atoms with Gasteiger partial charge in [0.1, 0.15) is 18.0 Å². The molecule has 112 valence electrons. The van der Waals surface area contributed by atoms with Crippen LogP contribution in [-0.2, 0) is 20.1 Å². The first-order valence-electron chi connectivity index (χ1n) is 6.78. The summed E-state index contributed by atoms with van der Waals surface area (Å²) in [5.41, 5.74) is 0.951. The molecule has 2 N–H and O–H groups in total. The molecule has 0 aliphatic heterocycles. The van der Waals surface area contributed by atoms with Crippen LogP contribution in [0.25, 0.3) is 0 Å². The first-order valence-corrected chi connectivity index (χ1v) is 6.78. The maximum atomic E-state index is 12.8. The topological polar surface area (TPSA) is 67.1 Å². The van der Waals surface area contributed by atoms with Crippen molar-refractivity contribution in [2.45, 2.75) is 20.0 Å². The summed E-state index contributed by atoms with van der Waals surface area (Å²) in [6, 6.07) is 6.33. The lowest BCUT2D eigenvalue weighted by Gasteiger charge is -2.10. The predicted molar refractivity (Wildman–Crippen MR) is 79.1 cm³/mol. The van der Waals surface area contributed by atoms with E-state index in [4.69, 9.17) is 0 Å². The summed E-state index contributed by atoms with van der Waals surface area (Å²) in [4.78, 5) is 8.60. The molecule has 2 rings (SSSR count). The zero-order valence-corrected chi connectivity index (χ0v) is 12.2.